The lowest BCUT2D eigenvalue weighted by atomic mass is 10.1. The summed E-state index contributed by atoms with van der Waals surface area (Å²) in [5.41, 5.74) is 0.402. The van der Waals surface area contributed by atoms with Gasteiger partial charge in [0.1, 0.15) is 0 Å². The summed E-state index contributed by atoms with van der Waals surface area (Å²) in [7, 11) is 0. The highest BCUT2D eigenvalue weighted by molar-refractivity contribution is 7.10. The predicted molar refractivity (Wildman–Crippen MR) is 85.6 cm³/mol. The number of hydrogen-bond donors (Lipinski definition) is 2. The van der Waals surface area contributed by atoms with Crippen LogP contribution in [0.4, 0.5) is 0 Å². The van der Waals surface area contributed by atoms with Crippen LogP contribution in [0.1, 0.15) is 73.5 Å². The van der Waals surface area contributed by atoms with Crippen LogP contribution >= 0.6 is 11.3 Å². The van der Waals surface area contributed by atoms with Gasteiger partial charge in [0.25, 0.3) is 0 Å². The Morgan fingerprint density at radius 2 is 1.80 bits per heavy atom. The fourth-order valence-corrected chi connectivity index (χ4v) is 3.01. The van der Waals surface area contributed by atoms with E-state index in [1.165, 1.54) is 62.7 Å². The smallest absolute Gasteiger partial charge is 0.336 e. The van der Waals surface area contributed by atoms with Crippen molar-refractivity contribution in [3.05, 3.63) is 21.9 Å². The maximum absolute atomic E-state index is 10.7. The Kier molecular flexibility index (Phi) is 9.33. The van der Waals surface area contributed by atoms with Gasteiger partial charge < -0.3 is 10.4 Å². The van der Waals surface area contributed by atoms with Crippen LogP contribution in [0.15, 0.2) is 11.4 Å². The van der Waals surface area contributed by atoms with E-state index >= 15 is 0 Å². The molecule has 0 radical (unpaired) electrons. The molecule has 1 rings (SSSR count). The minimum atomic E-state index is -0.837. The van der Waals surface area contributed by atoms with Crippen molar-refractivity contribution in [2.75, 3.05) is 6.54 Å². The lowest BCUT2D eigenvalue weighted by Crippen LogP contribution is -2.13. The Morgan fingerprint density at radius 1 is 1.15 bits per heavy atom. The third-order valence-corrected chi connectivity index (χ3v) is 4.34. The van der Waals surface area contributed by atoms with Crippen molar-refractivity contribution in [2.24, 2.45) is 0 Å². The van der Waals surface area contributed by atoms with Gasteiger partial charge in [-0.2, -0.15) is 0 Å². The highest BCUT2D eigenvalue weighted by Crippen LogP contribution is 2.14. The maximum atomic E-state index is 10.7. The van der Waals surface area contributed by atoms with Crippen molar-refractivity contribution < 1.29 is 9.90 Å². The molecule has 20 heavy (non-hydrogen) atoms. The summed E-state index contributed by atoms with van der Waals surface area (Å²) in [5.74, 6) is -0.837. The molecule has 0 aliphatic rings. The molecule has 2 N–H and O–H groups in total. The molecule has 0 unspecified atom stereocenters. The highest BCUT2D eigenvalue weighted by Gasteiger charge is 2.05. The summed E-state index contributed by atoms with van der Waals surface area (Å²) >= 11 is 1.51. The van der Waals surface area contributed by atoms with E-state index in [-0.39, 0.29) is 0 Å². The zero-order chi connectivity index (χ0) is 14.6. The van der Waals surface area contributed by atoms with Crippen LogP contribution in [0.5, 0.6) is 0 Å². The van der Waals surface area contributed by atoms with Gasteiger partial charge in [-0.15, -0.1) is 11.3 Å². The van der Waals surface area contributed by atoms with Gasteiger partial charge in [0.15, 0.2) is 0 Å². The minimum absolute atomic E-state index is 0.402. The predicted octanol–water partition coefficient (Wildman–Crippen LogP) is 4.68. The number of aromatic carboxylic acids is 1. The topological polar surface area (TPSA) is 49.3 Å². The van der Waals surface area contributed by atoms with E-state index in [1.54, 1.807) is 11.4 Å². The summed E-state index contributed by atoms with van der Waals surface area (Å²) in [6.45, 7) is 4.06. The first kappa shape index (κ1) is 17.2. The average Bonchev–Trinajstić information content (AvgIpc) is 2.90. The Hall–Kier alpha value is -0.870. The molecule has 0 saturated heterocycles. The Morgan fingerprint density at radius 3 is 2.40 bits per heavy atom. The van der Waals surface area contributed by atoms with E-state index < -0.39 is 5.97 Å². The molecule has 0 bridgehead atoms. The molecular formula is C16H27NO2S. The SMILES string of the molecule is CCCCCCCCCCNCc1cc(C(=O)O)cs1. The van der Waals surface area contributed by atoms with Crippen LogP contribution in [0.25, 0.3) is 0 Å². The second kappa shape index (κ2) is 10.9. The molecule has 0 amide bonds. The zero-order valence-corrected chi connectivity index (χ0v) is 13.3. The van der Waals surface area contributed by atoms with Crippen LogP contribution in [-0.4, -0.2) is 17.6 Å². The van der Waals surface area contributed by atoms with E-state index in [9.17, 15) is 4.79 Å². The van der Waals surface area contributed by atoms with E-state index in [4.69, 9.17) is 5.11 Å². The summed E-state index contributed by atoms with van der Waals surface area (Å²) < 4.78 is 0. The Balaban J connectivity index is 1.93. The van der Waals surface area contributed by atoms with Crippen molar-refractivity contribution >= 4 is 17.3 Å². The van der Waals surface area contributed by atoms with Gasteiger partial charge in [-0.3, -0.25) is 0 Å². The summed E-state index contributed by atoms with van der Waals surface area (Å²) in [6.07, 6.45) is 10.7. The lowest BCUT2D eigenvalue weighted by Gasteiger charge is -2.03. The van der Waals surface area contributed by atoms with Gasteiger partial charge in [-0.1, -0.05) is 51.9 Å². The van der Waals surface area contributed by atoms with Gasteiger partial charge >= 0.3 is 5.97 Å². The van der Waals surface area contributed by atoms with Crippen LogP contribution in [0.3, 0.4) is 0 Å². The Labute approximate surface area is 126 Å². The summed E-state index contributed by atoms with van der Waals surface area (Å²) in [6, 6.07) is 1.76. The number of nitrogens with one attached hydrogen (secondary N) is 1. The largest absolute Gasteiger partial charge is 0.478 e. The first-order valence-corrected chi connectivity index (χ1v) is 8.63. The highest BCUT2D eigenvalue weighted by atomic mass is 32.1. The molecule has 3 nitrogen and oxygen atoms in total. The third kappa shape index (κ3) is 7.65. The van der Waals surface area contributed by atoms with Gasteiger partial charge in [-0.25, -0.2) is 4.79 Å². The standard InChI is InChI=1S/C16H27NO2S/c1-2-3-4-5-6-7-8-9-10-17-12-15-11-14(13-20-15)16(18)19/h11,13,17H,2-10,12H2,1H3,(H,18,19). The maximum Gasteiger partial charge on any atom is 0.336 e. The van der Waals surface area contributed by atoms with Crippen molar-refractivity contribution in [1.29, 1.82) is 0 Å². The molecule has 1 aromatic heterocycles. The number of rotatable bonds is 12. The average molecular weight is 297 g/mol. The molecule has 0 fully saturated rings. The van der Waals surface area contributed by atoms with Gasteiger partial charge in [0, 0.05) is 16.8 Å². The van der Waals surface area contributed by atoms with Crippen LogP contribution in [0, 0.1) is 0 Å². The fourth-order valence-electron chi connectivity index (χ4n) is 2.18. The van der Waals surface area contributed by atoms with Gasteiger partial charge in [-0.05, 0) is 19.0 Å². The number of carboxylic acid groups (broad SMARTS) is 1. The zero-order valence-electron chi connectivity index (χ0n) is 12.5. The van der Waals surface area contributed by atoms with E-state index in [0.29, 0.717) is 5.56 Å². The van der Waals surface area contributed by atoms with Gasteiger partial charge in [0.2, 0.25) is 0 Å². The number of hydrogen-bond acceptors (Lipinski definition) is 3. The number of unbranched alkanes of at least 4 members (excludes halogenated alkanes) is 7. The van der Waals surface area contributed by atoms with E-state index in [1.807, 2.05) is 0 Å². The van der Waals surface area contributed by atoms with Crippen molar-refractivity contribution in [1.82, 2.24) is 5.32 Å². The molecule has 0 saturated carbocycles. The van der Waals surface area contributed by atoms with Crippen LogP contribution < -0.4 is 5.32 Å². The monoisotopic (exact) mass is 297 g/mol. The molecule has 1 aromatic rings. The quantitative estimate of drug-likeness (QED) is 0.551. The Bertz CT molecular complexity index is 376. The molecule has 0 spiro atoms. The summed E-state index contributed by atoms with van der Waals surface area (Å²) in [4.78, 5) is 11.8. The first-order valence-electron chi connectivity index (χ1n) is 7.75. The van der Waals surface area contributed by atoms with Crippen molar-refractivity contribution in [2.45, 2.75) is 64.8 Å². The minimum Gasteiger partial charge on any atom is -0.478 e. The molecule has 0 aromatic carbocycles. The van der Waals surface area contributed by atoms with Crippen molar-refractivity contribution in [3.8, 4) is 0 Å². The number of carboxylic acids is 1. The molecule has 4 heteroatoms. The second-order valence-corrected chi connectivity index (χ2v) is 6.25. The first-order chi connectivity index (χ1) is 9.74. The summed E-state index contributed by atoms with van der Waals surface area (Å²) in [5, 5.41) is 13.9. The molecule has 0 atom stereocenters. The molecule has 0 aliphatic heterocycles. The van der Waals surface area contributed by atoms with Crippen LogP contribution in [0.2, 0.25) is 0 Å². The van der Waals surface area contributed by atoms with E-state index in [2.05, 4.69) is 12.2 Å². The molecule has 0 aliphatic carbocycles. The number of carbonyl (C=O) groups is 1. The van der Waals surface area contributed by atoms with Crippen LogP contribution in [-0.2, 0) is 6.54 Å². The molecule has 114 valence electrons. The van der Waals surface area contributed by atoms with Crippen molar-refractivity contribution in [3.63, 3.8) is 0 Å². The lowest BCUT2D eigenvalue weighted by molar-refractivity contribution is 0.0697. The van der Waals surface area contributed by atoms with Gasteiger partial charge in [0.05, 0.1) is 5.56 Å². The number of thiophene rings is 1. The molecule has 1 heterocycles. The normalized spacial score (nSPS) is 10.8. The second-order valence-electron chi connectivity index (χ2n) is 5.26. The fraction of sp³-hybridized carbons (Fsp3) is 0.688. The molecular weight excluding hydrogens is 270 g/mol. The third-order valence-electron chi connectivity index (χ3n) is 3.41. The van der Waals surface area contributed by atoms with E-state index in [0.717, 1.165) is 18.0 Å².